The Labute approximate surface area is 104 Å². The molecule has 0 spiro atoms. The molecule has 1 N–H and O–H groups in total. The molecule has 1 aliphatic heterocycles. The van der Waals surface area contributed by atoms with E-state index >= 15 is 0 Å². The van der Waals surface area contributed by atoms with Gasteiger partial charge < -0.3 is 10.1 Å². The minimum absolute atomic E-state index is 0.530. The second kappa shape index (κ2) is 6.72. The van der Waals surface area contributed by atoms with Crippen molar-refractivity contribution in [2.24, 2.45) is 5.92 Å². The fourth-order valence-electron chi connectivity index (χ4n) is 2.52. The number of aromatic nitrogens is 1. The van der Waals surface area contributed by atoms with Crippen molar-refractivity contribution >= 4 is 0 Å². The van der Waals surface area contributed by atoms with Gasteiger partial charge >= 0.3 is 0 Å². The van der Waals surface area contributed by atoms with Crippen LogP contribution in [0.5, 0.6) is 0 Å². The largest absolute Gasteiger partial charge is 0.381 e. The van der Waals surface area contributed by atoms with Crippen molar-refractivity contribution in [2.45, 2.75) is 32.2 Å². The third-order valence-corrected chi connectivity index (χ3v) is 3.44. The minimum Gasteiger partial charge on any atom is -0.381 e. The summed E-state index contributed by atoms with van der Waals surface area (Å²) in [5, 5.41) is 3.60. The van der Waals surface area contributed by atoms with Gasteiger partial charge in [-0.05, 0) is 49.4 Å². The second-order valence-electron chi connectivity index (χ2n) is 4.70. The molecule has 1 fully saturated rings. The Morgan fingerprint density at radius 1 is 1.47 bits per heavy atom. The summed E-state index contributed by atoms with van der Waals surface area (Å²) in [4.78, 5) is 4.07. The lowest BCUT2D eigenvalue weighted by atomic mass is 9.89. The lowest BCUT2D eigenvalue weighted by Crippen LogP contribution is -2.41. The fraction of sp³-hybridized carbons (Fsp3) is 0.643. The van der Waals surface area contributed by atoms with E-state index in [4.69, 9.17) is 4.74 Å². The molecule has 2 heterocycles. The zero-order valence-electron chi connectivity index (χ0n) is 10.6. The first-order valence-corrected chi connectivity index (χ1v) is 6.60. The van der Waals surface area contributed by atoms with E-state index < -0.39 is 0 Å². The van der Waals surface area contributed by atoms with Gasteiger partial charge in [0.05, 0.1) is 6.61 Å². The SMILES string of the molecule is CCNC(Cc1ccncc1)C1CCCOC1. The molecule has 0 bridgehead atoms. The number of hydrogen-bond acceptors (Lipinski definition) is 3. The van der Waals surface area contributed by atoms with Gasteiger partial charge in [0.1, 0.15) is 0 Å². The molecular weight excluding hydrogens is 212 g/mol. The van der Waals surface area contributed by atoms with Crippen LogP contribution in [0, 0.1) is 5.92 Å². The number of pyridine rings is 1. The van der Waals surface area contributed by atoms with Gasteiger partial charge in [-0.1, -0.05) is 6.92 Å². The Kier molecular flexibility index (Phi) is 4.95. The van der Waals surface area contributed by atoms with Crippen molar-refractivity contribution in [3.63, 3.8) is 0 Å². The highest BCUT2D eigenvalue weighted by Crippen LogP contribution is 2.20. The fourth-order valence-corrected chi connectivity index (χ4v) is 2.52. The normalized spacial score (nSPS) is 22.3. The van der Waals surface area contributed by atoms with E-state index in [1.54, 1.807) is 0 Å². The maximum atomic E-state index is 5.59. The topological polar surface area (TPSA) is 34.2 Å². The Bertz CT molecular complexity index is 309. The van der Waals surface area contributed by atoms with Crippen molar-refractivity contribution < 1.29 is 4.74 Å². The number of rotatable bonds is 5. The summed E-state index contributed by atoms with van der Waals surface area (Å²) >= 11 is 0. The van der Waals surface area contributed by atoms with Crippen molar-refractivity contribution in [3.05, 3.63) is 30.1 Å². The molecular formula is C14H22N2O. The molecule has 2 atom stereocenters. The Morgan fingerprint density at radius 2 is 2.29 bits per heavy atom. The van der Waals surface area contributed by atoms with Crippen LogP contribution in [0.2, 0.25) is 0 Å². The molecule has 94 valence electrons. The Morgan fingerprint density at radius 3 is 2.94 bits per heavy atom. The molecule has 0 aliphatic carbocycles. The maximum Gasteiger partial charge on any atom is 0.0509 e. The van der Waals surface area contributed by atoms with E-state index in [0.717, 1.165) is 26.2 Å². The van der Waals surface area contributed by atoms with Crippen molar-refractivity contribution in [1.82, 2.24) is 10.3 Å². The first-order valence-electron chi connectivity index (χ1n) is 6.60. The van der Waals surface area contributed by atoms with Crippen molar-refractivity contribution in [2.75, 3.05) is 19.8 Å². The van der Waals surface area contributed by atoms with Crippen LogP contribution >= 0.6 is 0 Å². The van der Waals surface area contributed by atoms with E-state index in [9.17, 15) is 0 Å². The van der Waals surface area contributed by atoms with Crippen molar-refractivity contribution in [3.8, 4) is 0 Å². The molecule has 2 unspecified atom stereocenters. The zero-order chi connectivity index (χ0) is 11.9. The molecule has 1 aromatic rings. The number of hydrogen-bond donors (Lipinski definition) is 1. The smallest absolute Gasteiger partial charge is 0.0509 e. The molecule has 0 aromatic carbocycles. The van der Waals surface area contributed by atoms with Gasteiger partial charge in [0.2, 0.25) is 0 Å². The third-order valence-electron chi connectivity index (χ3n) is 3.44. The number of nitrogens with zero attached hydrogens (tertiary/aromatic N) is 1. The number of ether oxygens (including phenoxy) is 1. The van der Waals surface area contributed by atoms with E-state index in [-0.39, 0.29) is 0 Å². The van der Waals surface area contributed by atoms with Crippen LogP contribution < -0.4 is 5.32 Å². The summed E-state index contributed by atoms with van der Waals surface area (Å²) in [5.41, 5.74) is 1.36. The predicted octanol–water partition coefficient (Wildman–Crippen LogP) is 2.03. The summed E-state index contributed by atoms with van der Waals surface area (Å²) in [6.07, 6.45) is 7.29. The van der Waals surface area contributed by atoms with E-state index in [1.807, 2.05) is 12.4 Å². The van der Waals surface area contributed by atoms with Crippen LogP contribution in [-0.2, 0) is 11.2 Å². The highest BCUT2D eigenvalue weighted by Gasteiger charge is 2.23. The van der Waals surface area contributed by atoms with Gasteiger partial charge in [-0.3, -0.25) is 4.98 Å². The quantitative estimate of drug-likeness (QED) is 0.846. The first kappa shape index (κ1) is 12.5. The van der Waals surface area contributed by atoms with Gasteiger partial charge in [-0.15, -0.1) is 0 Å². The highest BCUT2D eigenvalue weighted by atomic mass is 16.5. The maximum absolute atomic E-state index is 5.59. The lowest BCUT2D eigenvalue weighted by Gasteiger charge is -2.31. The standard InChI is InChI=1S/C14H22N2O/c1-2-16-14(13-4-3-9-17-11-13)10-12-5-7-15-8-6-12/h5-8,13-14,16H,2-4,9-11H2,1H3. The van der Waals surface area contributed by atoms with Gasteiger partial charge in [-0.25, -0.2) is 0 Å². The second-order valence-corrected chi connectivity index (χ2v) is 4.70. The predicted molar refractivity (Wildman–Crippen MR) is 68.9 cm³/mol. The van der Waals surface area contributed by atoms with Gasteiger partial charge in [0, 0.05) is 25.0 Å². The summed E-state index contributed by atoms with van der Waals surface area (Å²) in [6, 6.07) is 4.74. The van der Waals surface area contributed by atoms with Crippen molar-refractivity contribution in [1.29, 1.82) is 0 Å². The summed E-state index contributed by atoms with van der Waals surface area (Å²) < 4.78 is 5.59. The van der Waals surface area contributed by atoms with E-state index in [1.165, 1.54) is 18.4 Å². The molecule has 1 aromatic heterocycles. The molecule has 0 radical (unpaired) electrons. The Hall–Kier alpha value is -0.930. The molecule has 1 saturated heterocycles. The lowest BCUT2D eigenvalue weighted by molar-refractivity contribution is 0.0396. The molecule has 0 amide bonds. The Balaban J connectivity index is 1.96. The van der Waals surface area contributed by atoms with Crippen LogP contribution in [0.4, 0.5) is 0 Å². The molecule has 2 rings (SSSR count). The average molecular weight is 234 g/mol. The van der Waals surface area contributed by atoms with Gasteiger partial charge in [-0.2, -0.15) is 0 Å². The molecule has 1 aliphatic rings. The summed E-state index contributed by atoms with van der Waals surface area (Å²) in [7, 11) is 0. The molecule has 3 nitrogen and oxygen atoms in total. The number of likely N-dealkylation sites (N-methyl/N-ethyl adjacent to an activating group) is 1. The highest BCUT2D eigenvalue weighted by molar-refractivity contribution is 5.11. The van der Waals surface area contributed by atoms with Crippen LogP contribution in [0.15, 0.2) is 24.5 Å². The van der Waals surface area contributed by atoms with Crippen LogP contribution in [0.1, 0.15) is 25.3 Å². The third kappa shape index (κ3) is 3.79. The van der Waals surface area contributed by atoms with Crippen LogP contribution in [0.3, 0.4) is 0 Å². The van der Waals surface area contributed by atoms with Crippen LogP contribution in [-0.4, -0.2) is 30.8 Å². The zero-order valence-corrected chi connectivity index (χ0v) is 10.6. The van der Waals surface area contributed by atoms with Crippen LogP contribution in [0.25, 0.3) is 0 Å². The monoisotopic (exact) mass is 234 g/mol. The van der Waals surface area contributed by atoms with E-state index in [2.05, 4.69) is 29.4 Å². The first-order chi connectivity index (χ1) is 8.40. The number of nitrogens with one attached hydrogen (secondary N) is 1. The average Bonchev–Trinajstić information content (AvgIpc) is 2.40. The molecule has 17 heavy (non-hydrogen) atoms. The van der Waals surface area contributed by atoms with Gasteiger partial charge in [0.15, 0.2) is 0 Å². The summed E-state index contributed by atoms with van der Waals surface area (Å²) in [6.45, 7) is 5.03. The summed E-state index contributed by atoms with van der Waals surface area (Å²) in [5.74, 6) is 0.650. The van der Waals surface area contributed by atoms with E-state index in [0.29, 0.717) is 12.0 Å². The molecule has 3 heteroatoms. The minimum atomic E-state index is 0.530. The molecule has 0 saturated carbocycles. The van der Waals surface area contributed by atoms with Gasteiger partial charge in [0.25, 0.3) is 0 Å².